The molecule has 0 heterocycles. The largest absolute Gasteiger partial charge is 0.446 e. The second-order valence-electron chi connectivity index (χ2n) is 21.5. The third-order valence-electron chi connectivity index (χ3n) is 16.5. The molecule has 8 atom stereocenters. The highest BCUT2D eigenvalue weighted by molar-refractivity contribution is 5.82. The molecular weight excluding hydrogens is 757 g/mol. The van der Waals surface area contributed by atoms with Crippen molar-refractivity contribution in [3.05, 3.63) is 11.6 Å². The topological polar surface area (TPSA) is 114 Å². The minimum atomic E-state index is -0.362. The Morgan fingerprint density at radius 2 is 1.41 bits per heavy atom. The number of ether oxygens (including phenoxy) is 1. The summed E-state index contributed by atoms with van der Waals surface area (Å²) in [4.78, 5) is 40.7. The lowest BCUT2D eigenvalue weighted by Gasteiger charge is -2.58. The summed E-state index contributed by atoms with van der Waals surface area (Å²) in [6, 6.07) is 0. The van der Waals surface area contributed by atoms with Crippen molar-refractivity contribution >= 4 is 17.9 Å². The van der Waals surface area contributed by atoms with Gasteiger partial charge in [0.15, 0.2) is 0 Å². The Morgan fingerprint density at radius 3 is 2.11 bits per heavy atom. The van der Waals surface area contributed by atoms with Gasteiger partial charge in [-0.05, 0) is 124 Å². The van der Waals surface area contributed by atoms with Crippen molar-refractivity contribution in [3.63, 3.8) is 0 Å². The monoisotopic (exact) mass is 853 g/mol. The van der Waals surface area contributed by atoms with Crippen LogP contribution in [0.5, 0.6) is 0 Å². The predicted molar refractivity (Wildman–Crippen MR) is 254 cm³/mol. The Labute approximate surface area is 375 Å². The van der Waals surface area contributed by atoms with E-state index in [2.05, 4.69) is 58.3 Å². The maximum Gasteiger partial charge on any atom is 0.410 e. The molecule has 4 N–H and O–H groups in total. The molecule has 0 spiro atoms. The summed E-state index contributed by atoms with van der Waals surface area (Å²) in [6.45, 7) is 17.0. The van der Waals surface area contributed by atoms with Crippen LogP contribution in [-0.4, -0.2) is 61.6 Å². The number of allylic oxidation sites excluding steroid dienone is 1. The molecule has 0 aromatic rings. The first kappa shape index (κ1) is 51.5. The summed E-state index contributed by atoms with van der Waals surface area (Å²) < 4.78 is 6.28. The molecule has 4 rings (SSSR count). The molecule has 0 radical (unpaired) electrons. The van der Waals surface area contributed by atoms with Crippen molar-refractivity contribution in [1.82, 2.24) is 15.5 Å². The lowest BCUT2D eigenvalue weighted by atomic mass is 9.47. The van der Waals surface area contributed by atoms with Crippen molar-refractivity contribution in [2.24, 2.45) is 52.1 Å². The van der Waals surface area contributed by atoms with Gasteiger partial charge in [0, 0.05) is 32.5 Å². The van der Waals surface area contributed by atoms with E-state index in [9.17, 15) is 14.4 Å². The maximum atomic E-state index is 13.8. The summed E-state index contributed by atoms with van der Waals surface area (Å²) in [6.07, 6.45) is 34.8. The molecule has 3 saturated carbocycles. The first-order chi connectivity index (χ1) is 29.4. The molecule has 0 unspecified atom stereocenters. The van der Waals surface area contributed by atoms with Gasteiger partial charge in [-0.3, -0.25) is 14.5 Å². The number of nitrogens with one attached hydrogen (secondary N) is 2. The zero-order chi connectivity index (χ0) is 44.1. The number of rotatable bonds is 30. The SMILES string of the molecule is CCCCCCCCCCCCCC(=O)NCCCCCCN(CC(=O)NCCCN)C(=O)O[C@H]1CC[C@@]2(C)C(=CC[C@H]3[C@@H]4CC[C@H]([C@H](C)CCCC(C)C)[C@@]4(C)CC[C@@H]32)C1. The minimum Gasteiger partial charge on any atom is -0.446 e. The number of nitrogens with two attached hydrogens (primary N) is 1. The van der Waals surface area contributed by atoms with E-state index >= 15 is 0 Å². The normalized spacial score (nSPS) is 27.4. The van der Waals surface area contributed by atoms with E-state index in [1.54, 1.807) is 4.90 Å². The van der Waals surface area contributed by atoms with Gasteiger partial charge in [0.2, 0.25) is 11.8 Å². The Hall–Kier alpha value is -2.09. The van der Waals surface area contributed by atoms with Crippen molar-refractivity contribution in [3.8, 4) is 0 Å². The molecule has 61 heavy (non-hydrogen) atoms. The summed E-state index contributed by atoms with van der Waals surface area (Å²) in [5.74, 6) is 4.84. The third-order valence-corrected chi connectivity index (χ3v) is 16.5. The van der Waals surface area contributed by atoms with E-state index in [0.717, 1.165) is 93.3 Å². The van der Waals surface area contributed by atoms with Crippen molar-refractivity contribution in [2.75, 3.05) is 32.7 Å². The van der Waals surface area contributed by atoms with Crippen LogP contribution in [0.2, 0.25) is 0 Å². The summed E-state index contributed by atoms with van der Waals surface area (Å²) in [7, 11) is 0. The Bertz CT molecular complexity index is 1320. The van der Waals surface area contributed by atoms with E-state index in [0.29, 0.717) is 44.4 Å². The number of fused-ring (bicyclic) bond motifs is 5. The smallest absolute Gasteiger partial charge is 0.410 e. The molecule has 8 nitrogen and oxygen atoms in total. The summed E-state index contributed by atoms with van der Waals surface area (Å²) in [5, 5.41) is 6.03. The van der Waals surface area contributed by atoms with E-state index in [1.807, 2.05) is 0 Å². The highest BCUT2D eigenvalue weighted by Crippen LogP contribution is 2.67. The van der Waals surface area contributed by atoms with Crippen molar-refractivity contribution < 1.29 is 19.1 Å². The molecule has 4 aliphatic rings. The number of unbranched alkanes of at least 4 members (excludes halogenated alkanes) is 13. The average molecular weight is 853 g/mol. The Balaban J connectivity index is 1.18. The second kappa shape index (κ2) is 27.3. The molecule has 0 aromatic heterocycles. The average Bonchev–Trinajstić information content (AvgIpc) is 3.59. The maximum absolute atomic E-state index is 13.8. The molecule has 3 fully saturated rings. The van der Waals surface area contributed by atoms with Crippen LogP contribution in [0.1, 0.15) is 221 Å². The number of amides is 3. The third kappa shape index (κ3) is 16.1. The van der Waals surface area contributed by atoms with Gasteiger partial charge in [0.05, 0.1) is 0 Å². The van der Waals surface area contributed by atoms with Gasteiger partial charge in [-0.15, -0.1) is 0 Å². The van der Waals surface area contributed by atoms with Crippen LogP contribution in [0.4, 0.5) is 4.79 Å². The molecule has 352 valence electrons. The predicted octanol–water partition coefficient (Wildman–Crippen LogP) is 12.7. The number of nitrogens with zero attached hydrogens (tertiary/aromatic N) is 1. The van der Waals surface area contributed by atoms with Crippen LogP contribution < -0.4 is 16.4 Å². The lowest BCUT2D eigenvalue weighted by molar-refractivity contribution is -0.122. The van der Waals surface area contributed by atoms with Gasteiger partial charge in [0.1, 0.15) is 12.6 Å². The molecule has 0 saturated heterocycles. The van der Waals surface area contributed by atoms with Crippen LogP contribution in [0.3, 0.4) is 0 Å². The Morgan fingerprint density at radius 1 is 0.754 bits per heavy atom. The second-order valence-corrected chi connectivity index (χ2v) is 21.5. The fourth-order valence-electron chi connectivity index (χ4n) is 12.8. The molecule has 0 aliphatic heterocycles. The number of carbonyl (C=O) groups excluding carboxylic acids is 3. The van der Waals surface area contributed by atoms with Gasteiger partial charge in [-0.2, -0.15) is 0 Å². The van der Waals surface area contributed by atoms with E-state index in [-0.39, 0.29) is 36.0 Å². The molecule has 3 amide bonds. The van der Waals surface area contributed by atoms with Gasteiger partial charge < -0.3 is 21.1 Å². The van der Waals surface area contributed by atoms with Gasteiger partial charge in [-0.25, -0.2) is 4.79 Å². The molecule has 4 aliphatic carbocycles. The molecular formula is C53H96N4O4. The highest BCUT2D eigenvalue weighted by atomic mass is 16.6. The van der Waals surface area contributed by atoms with E-state index in [1.165, 1.54) is 115 Å². The highest BCUT2D eigenvalue weighted by Gasteiger charge is 2.59. The summed E-state index contributed by atoms with van der Waals surface area (Å²) in [5.41, 5.74) is 7.86. The number of hydrogen-bond donors (Lipinski definition) is 3. The van der Waals surface area contributed by atoms with E-state index in [4.69, 9.17) is 10.5 Å². The van der Waals surface area contributed by atoms with Crippen molar-refractivity contribution in [1.29, 1.82) is 0 Å². The van der Waals surface area contributed by atoms with Crippen LogP contribution in [0, 0.1) is 46.3 Å². The Kier molecular flexibility index (Phi) is 23.1. The van der Waals surface area contributed by atoms with Crippen LogP contribution in [0.25, 0.3) is 0 Å². The zero-order valence-corrected chi connectivity index (χ0v) is 40.6. The van der Waals surface area contributed by atoms with Gasteiger partial charge in [0.25, 0.3) is 0 Å². The first-order valence-electron chi connectivity index (χ1n) is 26.3. The number of carbonyl (C=O) groups is 3. The first-order valence-corrected chi connectivity index (χ1v) is 26.3. The quantitative estimate of drug-likeness (QED) is 0.0492. The minimum absolute atomic E-state index is 0.00683. The molecule has 0 aromatic carbocycles. The van der Waals surface area contributed by atoms with Gasteiger partial charge >= 0.3 is 6.09 Å². The fourth-order valence-corrected chi connectivity index (χ4v) is 12.8. The number of hydrogen-bond acceptors (Lipinski definition) is 5. The van der Waals surface area contributed by atoms with Crippen molar-refractivity contribution in [2.45, 2.75) is 227 Å². The van der Waals surface area contributed by atoms with Gasteiger partial charge in [-0.1, -0.05) is 150 Å². The van der Waals surface area contributed by atoms with E-state index < -0.39 is 0 Å². The summed E-state index contributed by atoms with van der Waals surface area (Å²) >= 11 is 0. The zero-order valence-electron chi connectivity index (χ0n) is 40.6. The lowest BCUT2D eigenvalue weighted by Crippen LogP contribution is -2.51. The molecule has 0 bridgehead atoms. The van der Waals surface area contributed by atoms with Crippen LogP contribution >= 0.6 is 0 Å². The van der Waals surface area contributed by atoms with Crippen LogP contribution in [0.15, 0.2) is 11.6 Å². The standard InChI is InChI=1S/C53H96N4O4/c1-7-8-9-10-11-12-13-14-15-16-19-26-49(58)55-36-20-17-18-21-38-57(40-50(59)56-37-23-35-54)51(60)61-44-31-33-52(5)43(39-44)27-28-45-47-30-29-46(42(4)25-22-24-41(2)3)53(47,6)34-32-48(45)52/h27,41-42,44-48H,7-26,28-40,54H2,1-6H3,(H,55,58)(H,56,59)/t42-,44+,45+,46-,47+,48+,52+,53-/m1/s1. The molecule has 8 heteroatoms. The van der Waals surface area contributed by atoms with Crippen LogP contribution in [-0.2, 0) is 14.3 Å². The fraction of sp³-hybridized carbons (Fsp3) is 0.906.